The lowest BCUT2D eigenvalue weighted by Crippen LogP contribution is -2.21. The number of hydrogen-bond donors (Lipinski definition) is 0. The van der Waals surface area contributed by atoms with Crippen molar-refractivity contribution in [1.82, 2.24) is 24.5 Å². The Morgan fingerprint density at radius 3 is 2.75 bits per heavy atom. The Morgan fingerprint density at radius 2 is 1.96 bits per heavy atom. The summed E-state index contributed by atoms with van der Waals surface area (Å²) in [6.07, 6.45) is 8.75. The van der Waals surface area contributed by atoms with Crippen molar-refractivity contribution in [3.63, 3.8) is 0 Å². The van der Waals surface area contributed by atoms with E-state index in [4.69, 9.17) is 26.4 Å². The zero-order valence-corrected chi connectivity index (χ0v) is 16.8. The molecule has 1 aliphatic carbocycles. The third-order valence-electron chi connectivity index (χ3n) is 6.06. The highest BCUT2D eigenvalue weighted by molar-refractivity contribution is 6.32. The molecule has 1 saturated carbocycles. The van der Waals surface area contributed by atoms with Gasteiger partial charge < -0.3 is 4.74 Å². The first-order valence-electron chi connectivity index (χ1n) is 10.0. The minimum absolute atomic E-state index is 0.327. The van der Waals surface area contributed by atoms with Crippen LogP contribution in [0.4, 0.5) is 0 Å². The molecule has 7 heteroatoms. The quantitative estimate of drug-likeness (QED) is 0.649. The van der Waals surface area contributed by atoms with E-state index < -0.39 is 0 Å². The zero-order valence-electron chi connectivity index (χ0n) is 16.0. The van der Waals surface area contributed by atoms with Gasteiger partial charge in [-0.3, -0.25) is 4.68 Å². The number of methoxy groups -OCH3 is 1. The summed E-state index contributed by atoms with van der Waals surface area (Å²) in [5, 5.41) is 9.96. The van der Waals surface area contributed by atoms with Gasteiger partial charge in [0.15, 0.2) is 5.82 Å². The lowest BCUT2D eigenvalue weighted by molar-refractivity contribution is 0.414. The minimum Gasteiger partial charge on any atom is -0.495 e. The van der Waals surface area contributed by atoms with E-state index in [-0.39, 0.29) is 0 Å². The zero-order chi connectivity index (χ0) is 19.1. The van der Waals surface area contributed by atoms with Crippen molar-refractivity contribution in [1.29, 1.82) is 0 Å². The average molecular weight is 398 g/mol. The molecule has 1 fully saturated rings. The van der Waals surface area contributed by atoms with E-state index in [1.54, 1.807) is 7.11 Å². The summed E-state index contributed by atoms with van der Waals surface area (Å²) in [5.74, 6) is 3.49. The van der Waals surface area contributed by atoms with Crippen LogP contribution >= 0.6 is 11.6 Å². The van der Waals surface area contributed by atoms with Gasteiger partial charge in [-0.1, -0.05) is 24.4 Å². The average Bonchev–Trinajstić information content (AvgIpc) is 3.46. The summed E-state index contributed by atoms with van der Waals surface area (Å²) < 4.78 is 9.42. The lowest BCUT2D eigenvalue weighted by atomic mass is 9.95. The van der Waals surface area contributed by atoms with E-state index in [1.165, 1.54) is 31.4 Å². The molecule has 3 heterocycles. The molecule has 6 nitrogen and oxygen atoms in total. The first kappa shape index (κ1) is 17.7. The number of aryl methyl sites for hydroxylation is 1. The molecule has 0 spiro atoms. The lowest BCUT2D eigenvalue weighted by Gasteiger charge is -2.23. The van der Waals surface area contributed by atoms with Crippen LogP contribution in [0.2, 0.25) is 5.02 Å². The molecule has 0 N–H and O–H groups in total. The molecule has 0 radical (unpaired) electrons. The Morgan fingerprint density at radius 1 is 1.11 bits per heavy atom. The molecule has 0 amide bonds. The maximum atomic E-state index is 6.41. The van der Waals surface area contributed by atoms with E-state index >= 15 is 0 Å². The number of ether oxygens (including phenoxy) is 1. The van der Waals surface area contributed by atoms with Gasteiger partial charge in [0.1, 0.15) is 11.6 Å². The van der Waals surface area contributed by atoms with Crippen LogP contribution in [0, 0.1) is 0 Å². The van der Waals surface area contributed by atoms with Crippen molar-refractivity contribution in [2.45, 2.75) is 56.9 Å². The standard InChI is InChI=1S/C21H24ClN5O/c1-28-19-7-6-17(13-18(19)22)27-21(24-20(25-27)14-4-2-3-5-14)15-9-11-26-16(12-15)8-10-23-26/h6-8,10,13-15H,2-5,9,11-12H2,1H3. The SMILES string of the molecule is COc1ccc(-n2nc(C3CCCC3)nc2C2CCn3nccc3C2)cc1Cl. The van der Waals surface area contributed by atoms with Gasteiger partial charge in [-0.2, -0.15) is 10.2 Å². The van der Waals surface area contributed by atoms with Crippen molar-refractivity contribution in [2.24, 2.45) is 0 Å². The molecule has 1 aromatic carbocycles. The molecule has 3 aromatic rings. The second kappa shape index (κ2) is 7.24. The second-order valence-electron chi connectivity index (χ2n) is 7.78. The van der Waals surface area contributed by atoms with Gasteiger partial charge in [0, 0.05) is 30.3 Å². The molecule has 0 saturated heterocycles. The molecule has 1 atom stereocenters. The highest BCUT2D eigenvalue weighted by Gasteiger charge is 2.29. The van der Waals surface area contributed by atoms with Gasteiger partial charge in [-0.15, -0.1) is 0 Å². The van der Waals surface area contributed by atoms with Crippen molar-refractivity contribution in [3.05, 3.63) is 52.8 Å². The van der Waals surface area contributed by atoms with Crippen LogP contribution < -0.4 is 4.74 Å². The molecule has 2 aromatic heterocycles. The Labute approximate surface area is 169 Å². The fourth-order valence-corrected chi connectivity index (χ4v) is 4.78. The number of aromatic nitrogens is 5. The Balaban J connectivity index is 1.56. The largest absolute Gasteiger partial charge is 0.495 e. The van der Waals surface area contributed by atoms with Crippen LogP contribution in [0.1, 0.15) is 61.3 Å². The van der Waals surface area contributed by atoms with Gasteiger partial charge in [-0.05, 0) is 49.9 Å². The molecule has 0 bridgehead atoms. The van der Waals surface area contributed by atoms with Crippen LogP contribution in [-0.2, 0) is 13.0 Å². The highest BCUT2D eigenvalue weighted by atomic mass is 35.5. The topological polar surface area (TPSA) is 57.8 Å². The van der Waals surface area contributed by atoms with Crippen LogP contribution in [0.25, 0.3) is 5.69 Å². The third-order valence-corrected chi connectivity index (χ3v) is 6.36. The molecule has 2 aliphatic rings. The summed E-state index contributed by atoms with van der Waals surface area (Å²) in [4.78, 5) is 5.07. The molecule has 146 valence electrons. The maximum absolute atomic E-state index is 6.41. The van der Waals surface area contributed by atoms with Crippen LogP contribution in [0.5, 0.6) is 5.75 Å². The predicted molar refractivity (Wildman–Crippen MR) is 107 cm³/mol. The first-order valence-corrected chi connectivity index (χ1v) is 10.4. The molecule has 5 rings (SSSR count). The van der Waals surface area contributed by atoms with E-state index in [9.17, 15) is 0 Å². The highest BCUT2D eigenvalue weighted by Crippen LogP contribution is 2.36. The van der Waals surface area contributed by atoms with Crippen molar-refractivity contribution in [3.8, 4) is 11.4 Å². The van der Waals surface area contributed by atoms with E-state index in [0.29, 0.717) is 22.6 Å². The molecular weight excluding hydrogens is 374 g/mol. The van der Waals surface area contributed by atoms with Crippen molar-refractivity contribution < 1.29 is 4.74 Å². The van der Waals surface area contributed by atoms with Gasteiger partial charge in [0.25, 0.3) is 0 Å². The number of rotatable bonds is 4. The normalized spacial score (nSPS) is 19.7. The summed E-state index contributed by atoms with van der Waals surface area (Å²) >= 11 is 6.41. The molecule has 1 unspecified atom stereocenters. The third kappa shape index (κ3) is 3.09. The van der Waals surface area contributed by atoms with Crippen LogP contribution in [0.3, 0.4) is 0 Å². The predicted octanol–water partition coefficient (Wildman–Crippen LogP) is 4.51. The van der Waals surface area contributed by atoms with Crippen molar-refractivity contribution >= 4 is 11.6 Å². The molecule has 28 heavy (non-hydrogen) atoms. The Hall–Kier alpha value is -2.34. The minimum atomic E-state index is 0.327. The fourth-order valence-electron chi connectivity index (χ4n) is 4.53. The van der Waals surface area contributed by atoms with Gasteiger partial charge in [-0.25, -0.2) is 9.67 Å². The summed E-state index contributed by atoms with van der Waals surface area (Å²) in [7, 11) is 1.63. The van der Waals surface area contributed by atoms with Gasteiger partial charge >= 0.3 is 0 Å². The Kier molecular flexibility index (Phi) is 4.59. The monoisotopic (exact) mass is 397 g/mol. The molecule has 1 aliphatic heterocycles. The van der Waals surface area contributed by atoms with Crippen LogP contribution in [0.15, 0.2) is 30.5 Å². The fraction of sp³-hybridized carbons (Fsp3) is 0.476. The number of fused-ring (bicyclic) bond motifs is 1. The van der Waals surface area contributed by atoms with Gasteiger partial charge in [0.2, 0.25) is 0 Å². The number of benzene rings is 1. The van der Waals surface area contributed by atoms with E-state index in [0.717, 1.165) is 36.7 Å². The van der Waals surface area contributed by atoms with Crippen molar-refractivity contribution in [2.75, 3.05) is 7.11 Å². The Bertz CT molecular complexity index is 989. The smallest absolute Gasteiger partial charge is 0.154 e. The summed E-state index contributed by atoms with van der Waals surface area (Å²) in [5.41, 5.74) is 2.21. The number of halogens is 1. The van der Waals surface area contributed by atoms with Crippen LogP contribution in [-0.4, -0.2) is 31.7 Å². The van der Waals surface area contributed by atoms with E-state index in [1.807, 2.05) is 29.1 Å². The van der Waals surface area contributed by atoms with Gasteiger partial charge in [0.05, 0.1) is 17.8 Å². The second-order valence-corrected chi connectivity index (χ2v) is 8.18. The maximum Gasteiger partial charge on any atom is 0.154 e. The number of hydrogen-bond acceptors (Lipinski definition) is 4. The summed E-state index contributed by atoms with van der Waals surface area (Å²) in [6, 6.07) is 7.93. The molecular formula is C21H24ClN5O. The first-order chi connectivity index (χ1) is 13.7. The summed E-state index contributed by atoms with van der Waals surface area (Å²) in [6.45, 7) is 0.919. The van der Waals surface area contributed by atoms with E-state index in [2.05, 4.69) is 15.8 Å². The number of nitrogens with zero attached hydrogens (tertiary/aromatic N) is 5.